The molecule has 0 aliphatic rings. The van der Waals surface area contributed by atoms with E-state index in [2.05, 4.69) is 5.10 Å². The molecule has 0 aliphatic carbocycles. The molecular formula is C12H9Cl2N3O2S. The van der Waals surface area contributed by atoms with E-state index in [0.717, 1.165) is 0 Å². The van der Waals surface area contributed by atoms with Gasteiger partial charge in [0.2, 0.25) is 0 Å². The van der Waals surface area contributed by atoms with Gasteiger partial charge in [-0.05, 0) is 30.7 Å². The fourth-order valence-corrected chi connectivity index (χ4v) is 3.65. The van der Waals surface area contributed by atoms with E-state index in [1.807, 2.05) is 6.07 Å². The van der Waals surface area contributed by atoms with Gasteiger partial charge in [-0.25, -0.2) is 13.1 Å². The molecule has 0 saturated heterocycles. The summed E-state index contributed by atoms with van der Waals surface area (Å²) < 4.78 is 24.4. The van der Waals surface area contributed by atoms with E-state index in [1.54, 1.807) is 31.2 Å². The number of aryl methyl sites for hydroxylation is 1. The van der Waals surface area contributed by atoms with Crippen molar-refractivity contribution in [3.8, 4) is 11.8 Å². The van der Waals surface area contributed by atoms with Crippen LogP contribution in [0.1, 0.15) is 18.2 Å². The Balaban J connectivity index is 2.64. The van der Waals surface area contributed by atoms with E-state index < -0.39 is 9.05 Å². The van der Waals surface area contributed by atoms with Gasteiger partial charge in [0.1, 0.15) is 4.90 Å². The zero-order chi connectivity index (χ0) is 14.9. The minimum atomic E-state index is -3.97. The highest BCUT2D eigenvalue weighted by molar-refractivity contribution is 8.13. The Kier molecular flexibility index (Phi) is 4.04. The lowest BCUT2D eigenvalue weighted by atomic mass is 10.2. The highest BCUT2D eigenvalue weighted by Crippen LogP contribution is 2.30. The van der Waals surface area contributed by atoms with Crippen LogP contribution in [0.15, 0.2) is 29.2 Å². The van der Waals surface area contributed by atoms with E-state index in [4.69, 9.17) is 27.5 Å². The lowest BCUT2D eigenvalue weighted by Gasteiger charge is -2.02. The summed E-state index contributed by atoms with van der Waals surface area (Å²) in [6, 6.07) is 8.43. The third-order valence-electron chi connectivity index (χ3n) is 2.68. The molecule has 8 heteroatoms. The second-order valence-electron chi connectivity index (χ2n) is 3.93. The number of halogens is 2. The summed E-state index contributed by atoms with van der Waals surface area (Å²) in [6.07, 6.45) is 0.379. The van der Waals surface area contributed by atoms with Crippen molar-refractivity contribution in [2.75, 3.05) is 0 Å². The average Bonchev–Trinajstić information content (AvgIpc) is 2.75. The molecule has 2 rings (SSSR count). The number of benzene rings is 1. The number of hydrogen-bond acceptors (Lipinski definition) is 4. The van der Waals surface area contributed by atoms with Gasteiger partial charge in [-0.2, -0.15) is 10.4 Å². The summed E-state index contributed by atoms with van der Waals surface area (Å²) in [4.78, 5) is -0.173. The second-order valence-corrected chi connectivity index (χ2v) is 6.79. The largest absolute Gasteiger partial charge is 0.266 e. The lowest BCUT2D eigenvalue weighted by molar-refractivity contribution is 0.608. The van der Waals surface area contributed by atoms with Crippen LogP contribution in [0, 0.1) is 11.3 Å². The quantitative estimate of drug-likeness (QED) is 0.811. The number of nitriles is 1. The van der Waals surface area contributed by atoms with E-state index >= 15 is 0 Å². The molecule has 0 radical (unpaired) electrons. The first-order valence-corrected chi connectivity index (χ1v) is 8.29. The van der Waals surface area contributed by atoms with E-state index in [9.17, 15) is 8.42 Å². The molecule has 20 heavy (non-hydrogen) atoms. The molecule has 2 aromatic rings. The van der Waals surface area contributed by atoms with Crippen LogP contribution in [-0.2, 0) is 15.5 Å². The molecule has 0 saturated carbocycles. The van der Waals surface area contributed by atoms with Gasteiger partial charge in [0, 0.05) is 10.7 Å². The van der Waals surface area contributed by atoms with Gasteiger partial charge < -0.3 is 0 Å². The summed E-state index contributed by atoms with van der Waals surface area (Å²) in [5.74, 6) is 0. The van der Waals surface area contributed by atoms with Crippen molar-refractivity contribution < 1.29 is 8.42 Å². The van der Waals surface area contributed by atoms with Crippen molar-refractivity contribution in [1.82, 2.24) is 9.78 Å². The summed E-state index contributed by atoms with van der Waals surface area (Å²) in [7, 11) is 1.42. The minimum Gasteiger partial charge on any atom is -0.221 e. The standard InChI is InChI=1S/C12H9Cl2N3O2S/c1-2-10-11(20(14,18)19)12(13)17(16-10)9-5-3-8(7-15)4-6-9/h3-6H,2H2,1H3. The molecule has 0 spiro atoms. The van der Waals surface area contributed by atoms with Crippen molar-refractivity contribution in [1.29, 1.82) is 5.26 Å². The number of rotatable bonds is 3. The maximum absolute atomic E-state index is 11.6. The van der Waals surface area contributed by atoms with Crippen LogP contribution in [0.3, 0.4) is 0 Å². The maximum atomic E-state index is 11.6. The highest BCUT2D eigenvalue weighted by atomic mass is 35.7. The average molecular weight is 330 g/mol. The van der Waals surface area contributed by atoms with Crippen LogP contribution < -0.4 is 0 Å². The molecule has 1 aromatic heterocycles. The lowest BCUT2D eigenvalue weighted by Crippen LogP contribution is -1.97. The summed E-state index contributed by atoms with van der Waals surface area (Å²) >= 11 is 6.07. The van der Waals surface area contributed by atoms with Crippen LogP contribution in [0.2, 0.25) is 5.15 Å². The molecule has 104 valence electrons. The fraction of sp³-hybridized carbons (Fsp3) is 0.167. The van der Waals surface area contributed by atoms with Crippen LogP contribution in [-0.4, -0.2) is 18.2 Å². The molecular weight excluding hydrogens is 321 g/mol. The Hall–Kier alpha value is -1.55. The molecule has 0 amide bonds. The first-order chi connectivity index (χ1) is 9.38. The molecule has 1 aromatic carbocycles. The van der Waals surface area contributed by atoms with Crippen molar-refractivity contribution in [2.45, 2.75) is 18.2 Å². The summed E-state index contributed by atoms with van der Waals surface area (Å²) in [5.41, 5.74) is 1.34. The van der Waals surface area contributed by atoms with E-state index in [1.165, 1.54) is 4.68 Å². The zero-order valence-corrected chi connectivity index (χ0v) is 12.7. The third kappa shape index (κ3) is 2.66. The second kappa shape index (κ2) is 5.44. The van der Waals surface area contributed by atoms with Crippen molar-refractivity contribution in [3.63, 3.8) is 0 Å². The van der Waals surface area contributed by atoms with E-state index in [-0.39, 0.29) is 10.0 Å². The van der Waals surface area contributed by atoms with Gasteiger partial charge in [0.15, 0.2) is 5.15 Å². The number of aromatic nitrogens is 2. The Morgan fingerprint density at radius 2 is 1.95 bits per heavy atom. The van der Waals surface area contributed by atoms with Crippen molar-refractivity contribution in [2.24, 2.45) is 0 Å². The molecule has 0 unspecified atom stereocenters. The smallest absolute Gasteiger partial charge is 0.221 e. The first-order valence-electron chi connectivity index (χ1n) is 5.61. The van der Waals surface area contributed by atoms with Gasteiger partial charge in [-0.1, -0.05) is 18.5 Å². The van der Waals surface area contributed by atoms with Gasteiger partial charge in [-0.3, -0.25) is 0 Å². The number of nitrogens with zero attached hydrogens (tertiary/aromatic N) is 3. The topological polar surface area (TPSA) is 75.8 Å². The SMILES string of the molecule is CCc1nn(-c2ccc(C#N)cc2)c(Cl)c1S(=O)(=O)Cl. The Morgan fingerprint density at radius 3 is 2.35 bits per heavy atom. The fourth-order valence-electron chi connectivity index (χ4n) is 1.75. The zero-order valence-electron chi connectivity index (χ0n) is 10.3. The van der Waals surface area contributed by atoms with Crippen LogP contribution in [0.5, 0.6) is 0 Å². The van der Waals surface area contributed by atoms with Crippen LogP contribution >= 0.6 is 22.3 Å². The minimum absolute atomic E-state index is 0.0680. The molecule has 0 atom stereocenters. The predicted octanol–water partition coefficient (Wildman–Crippen LogP) is 2.89. The van der Waals surface area contributed by atoms with Gasteiger partial charge in [0.25, 0.3) is 9.05 Å². The maximum Gasteiger partial charge on any atom is 0.266 e. The molecule has 5 nitrogen and oxygen atoms in total. The van der Waals surface area contributed by atoms with Gasteiger partial charge >= 0.3 is 0 Å². The van der Waals surface area contributed by atoms with Crippen molar-refractivity contribution >= 4 is 31.3 Å². The Morgan fingerprint density at radius 1 is 1.35 bits per heavy atom. The molecule has 1 heterocycles. The first kappa shape index (κ1) is 14.9. The monoisotopic (exact) mass is 329 g/mol. The van der Waals surface area contributed by atoms with Crippen LogP contribution in [0.4, 0.5) is 0 Å². The van der Waals surface area contributed by atoms with Crippen LogP contribution in [0.25, 0.3) is 5.69 Å². The van der Waals surface area contributed by atoms with Crippen molar-refractivity contribution in [3.05, 3.63) is 40.7 Å². The number of hydrogen-bond donors (Lipinski definition) is 0. The normalized spacial score (nSPS) is 11.3. The van der Waals surface area contributed by atoms with Gasteiger partial charge in [0.05, 0.1) is 23.0 Å². The molecule has 0 N–H and O–H groups in total. The van der Waals surface area contributed by atoms with Gasteiger partial charge in [-0.15, -0.1) is 0 Å². The van der Waals surface area contributed by atoms with E-state index in [0.29, 0.717) is 23.4 Å². The summed E-state index contributed by atoms with van der Waals surface area (Å²) in [6.45, 7) is 1.76. The Labute approximate surface area is 125 Å². The molecule has 0 fully saturated rings. The highest BCUT2D eigenvalue weighted by Gasteiger charge is 2.25. The molecule has 0 aliphatic heterocycles. The predicted molar refractivity (Wildman–Crippen MR) is 75.7 cm³/mol. The molecule has 0 bridgehead atoms. The Bertz CT molecular complexity index is 789. The third-order valence-corrected chi connectivity index (χ3v) is 4.52. The summed E-state index contributed by atoms with van der Waals surface area (Å²) in [5, 5.41) is 12.8.